The van der Waals surface area contributed by atoms with Gasteiger partial charge in [0.2, 0.25) is 0 Å². The Morgan fingerprint density at radius 1 is 1.17 bits per heavy atom. The van der Waals surface area contributed by atoms with Crippen LogP contribution in [0.2, 0.25) is 0 Å². The molecular weight excluding hydrogens is 144 g/mol. The van der Waals surface area contributed by atoms with Gasteiger partial charge >= 0.3 is 0 Å². The molecule has 0 heteroatoms. The highest BCUT2D eigenvalue weighted by Gasteiger charge is 2.22. The van der Waals surface area contributed by atoms with Crippen molar-refractivity contribution in [3.05, 3.63) is 11.1 Å². The molecule has 0 saturated carbocycles. The summed E-state index contributed by atoms with van der Waals surface area (Å²) in [5.41, 5.74) is 3.31. The lowest BCUT2D eigenvalue weighted by Crippen LogP contribution is -2.17. The molecule has 0 aromatic carbocycles. The van der Waals surface area contributed by atoms with E-state index in [-0.39, 0.29) is 0 Å². The fourth-order valence-corrected chi connectivity index (χ4v) is 2.35. The first-order chi connectivity index (χ1) is 5.65. The van der Waals surface area contributed by atoms with Gasteiger partial charge in [-0.15, -0.1) is 0 Å². The minimum atomic E-state index is 0.925. The van der Waals surface area contributed by atoms with E-state index in [0.717, 1.165) is 11.8 Å². The van der Waals surface area contributed by atoms with E-state index in [4.69, 9.17) is 0 Å². The van der Waals surface area contributed by atoms with Crippen LogP contribution in [0.15, 0.2) is 11.1 Å². The third kappa shape index (κ3) is 2.12. The summed E-state index contributed by atoms with van der Waals surface area (Å²) in [6, 6.07) is 0. The van der Waals surface area contributed by atoms with Gasteiger partial charge in [-0.1, -0.05) is 37.8 Å². The van der Waals surface area contributed by atoms with E-state index in [1.165, 1.54) is 25.7 Å². The van der Waals surface area contributed by atoms with Crippen molar-refractivity contribution in [3.63, 3.8) is 0 Å². The molecule has 0 amide bonds. The Hall–Kier alpha value is -0.260. The van der Waals surface area contributed by atoms with Crippen LogP contribution in [0.3, 0.4) is 0 Å². The van der Waals surface area contributed by atoms with Gasteiger partial charge in [-0.25, -0.2) is 0 Å². The molecule has 0 heterocycles. The molecule has 0 spiro atoms. The van der Waals surface area contributed by atoms with Crippen molar-refractivity contribution in [2.24, 2.45) is 11.8 Å². The number of rotatable bonds is 2. The number of hydrogen-bond acceptors (Lipinski definition) is 0. The maximum Gasteiger partial charge on any atom is -0.0289 e. The predicted octanol–water partition coefficient (Wildman–Crippen LogP) is 4.17. The van der Waals surface area contributed by atoms with Crippen LogP contribution in [0.5, 0.6) is 0 Å². The average molecular weight is 166 g/mol. The third-order valence-electron chi connectivity index (χ3n) is 3.39. The van der Waals surface area contributed by atoms with Crippen molar-refractivity contribution in [2.75, 3.05) is 0 Å². The van der Waals surface area contributed by atoms with E-state index in [0.29, 0.717) is 0 Å². The number of hydrogen-bond donors (Lipinski definition) is 0. The van der Waals surface area contributed by atoms with Gasteiger partial charge in [0.25, 0.3) is 0 Å². The lowest BCUT2D eigenvalue weighted by Gasteiger charge is -2.30. The standard InChI is InChI=1S/C12H22/c1-5-6-12-8-10(3)9(2)7-11(12)4/h11-12H,5-8H2,1-4H3. The SMILES string of the molecule is CCCC1CC(C)=C(C)CC1C. The fraction of sp³-hybridized carbons (Fsp3) is 0.833. The van der Waals surface area contributed by atoms with Gasteiger partial charge in [0.15, 0.2) is 0 Å². The van der Waals surface area contributed by atoms with E-state index in [2.05, 4.69) is 27.7 Å². The second-order valence-corrected chi connectivity index (χ2v) is 4.49. The molecule has 0 aromatic heterocycles. The molecule has 1 aliphatic rings. The molecule has 0 bridgehead atoms. The van der Waals surface area contributed by atoms with Gasteiger partial charge in [-0.2, -0.15) is 0 Å². The number of allylic oxidation sites excluding steroid dienone is 2. The van der Waals surface area contributed by atoms with E-state index in [1.807, 2.05) is 0 Å². The first kappa shape index (κ1) is 9.83. The summed E-state index contributed by atoms with van der Waals surface area (Å²) < 4.78 is 0. The molecular formula is C12H22. The van der Waals surface area contributed by atoms with Crippen molar-refractivity contribution >= 4 is 0 Å². The molecule has 12 heavy (non-hydrogen) atoms. The second kappa shape index (κ2) is 4.11. The van der Waals surface area contributed by atoms with Crippen LogP contribution >= 0.6 is 0 Å². The van der Waals surface area contributed by atoms with Gasteiger partial charge < -0.3 is 0 Å². The quantitative estimate of drug-likeness (QED) is 0.540. The normalized spacial score (nSPS) is 31.0. The average Bonchev–Trinajstić information content (AvgIpc) is 2.01. The summed E-state index contributed by atoms with van der Waals surface area (Å²) in [4.78, 5) is 0. The molecule has 2 atom stereocenters. The highest BCUT2D eigenvalue weighted by molar-refractivity contribution is 5.14. The van der Waals surface area contributed by atoms with Crippen LogP contribution in [0, 0.1) is 11.8 Å². The monoisotopic (exact) mass is 166 g/mol. The molecule has 0 aliphatic heterocycles. The van der Waals surface area contributed by atoms with Crippen molar-refractivity contribution in [1.82, 2.24) is 0 Å². The Bertz CT molecular complexity index is 176. The molecule has 0 aromatic rings. The molecule has 0 N–H and O–H groups in total. The van der Waals surface area contributed by atoms with Crippen molar-refractivity contribution in [2.45, 2.75) is 53.4 Å². The van der Waals surface area contributed by atoms with Crippen LogP contribution in [-0.2, 0) is 0 Å². The predicted molar refractivity (Wildman–Crippen MR) is 55.2 cm³/mol. The summed E-state index contributed by atoms with van der Waals surface area (Å²) in [6.07, 6.45) is 5.48. The maximum atomic E-state index is 2.41. The van der Waals surface area contributed by atoms with Crippen LogP contribution in [0.4, 0.5) is 0 Å². The Kier molecular flexibility index (Phi) is 3.37. The largest absolute Gasteiger partial charge is 0.0741 e. The molecule has 0 saturated heterocycles. The van der Waals surface area contributed by atoms with E-state index in [1.54, 1.807) is 11.1 Å². The topological polar surface area (TPSA) is 0 Å². The van der Waals surface area contributed by atoms with E-state index in [9.17, 15) is 0 Å². The maximum absolute atomic E-state index is 2.41. The van der Waals surface area contributed by atoms with E-state index < -0.39 is 0 Å². The molecule has 2 unspecified atom stereocenters. The Balaban J connectivity index is 2.59. The van der Waals surface area contributed by atoms with Crippen LogP contribution < -0.4 is 0 Å². The van der Waals surface area contributed by atoms with Crippen molar-refractivity contribution in [3.8, 4) is 0 Å². The fourth-order valence-electron chi connectivity index (χ4n) is 2.35. The van der Waals surface area contributed by atoms with Gasteiger partial charge in [0.05, 0.1) is 0 Å². The van der Waals surface area contributed by atoms with E-state index >= 15 is 0 Å². The lowest BCUT2D eigenvalue weighted by molar-refractivity contribution is 0.309. The molecule has 0 nitrogen and oxygen atoms in total. The zero-order valence-electron chi connectivity index (χ0n) is 8.98. The van der Waals surface area contributed by atoms with Crippen LogP contribution in [-0.4, -0.2) is 0 Å². The van der Waals surface area contributed by atoms with Gasteiger partial charge in [-0.05, 0) is 38.5 Å². The summed E-state index contributed by atoms with van der Waals surface area (Å²) in [5.74, 6) is 1.90. The molecule has 70 valence electrons. The molecule has 0 radical (unpaired) electrons. The van der Waals surface area contributed by atoms with Crippen molar-refractivity contribution in [1.29, 1.82) is 0 Å². The first-order valence-corrected chi connectivity index (χ1v) is 5.30. The Morgan fingerprint density at radius 2 is 1.75 bits per heavy atom. The minimum Gasteiger partial charge on any atom is -0.0741 e. The lowest BCUT2D eigenvalue weighted by atomic mass is 9.76. The Labute approximate surface area is 77.1 Å². The summed E-state index contributed by atoms with van der Waals surface area (Å²) in [6.45, 7) is 9.32. The molecule has 1 rings (SSSR count). The summed E-state index contributed by atoms with van der Waals surface area (Å²) >= 11 is 0. The summed E-state index contributed by atoms with van der Waals surface area (Å²) in [5, 5.41) is 0. The van der Waals surface area contributed by atoms with Crippen molar-refractivity contribution < 1.29 is 0 Å². The first-order valence-electron chi connectivity index (χ1n) is 5.30. The van der Waals surface area contributed by atoms with Gasteiger partial charge in [0, 0.05) is 0 Å². The zero-order valence-corrected chi connectivity index (χ0v) is 8.98. The third-order valence-corrected chi connectivity index (χ3v) is 3.39. The molecule has 0 fully saturated rings. The zero-order chi connectivity index (χ0) is 9.14. The Morgan fingerprint density at radius 3 is 2.33 bits per heavy atom. The van der Waals surface area contributed by atoms with Gasteiger partial charge in [-0.3, -0.25) is 0 Å². The highest BCUT2D eigenvalue weighted by atomic mass is 14.3. The smallest absolute Gasteiger partial charge is 0.0289 e. The minimum absolute atomic E-state index is 0.925. The summed E-state index contributed by atoms with van der Waals surface area (Å²) in [7, 11) is 0. The van der Waals surface area contributed by atoms with Crippen LogP contribution in [0.1, 0.15) is 53.4 Å². The van der Waals surface area contributed by atoms with Gasteiger partial charge in [0.1, 0.15) is 0 Å². The highest BCUT2D eigenvalue weighted by Crippen LogP contribution is 2.35. The second-order valence-electron chi connectivity index (χ2n) is 4.49. The van der Waals surface area contributed by atoms with Crippen LogP contribution in [0.25, 0.3) is 0 Å². The molecule has 1 aliphatic carbocycles.